The second-order valence-electron chi connectivity index (χ2n) is 4.72. The van der Waals surface area contributed by atoms with Crippen LogP contribution in [0.15, 0.2) is 30.5 Å². The summed E-state index contributed by atoms with van der Waals surface area (Å²) in [5, 5.41) is 12.5. The van der Waals surface area contributed by atoms with Gasteiger partial charge in [0.15, 0.2) is 0 Å². The van der Waals surface area contributed by atoms with Gasteiger partial charge in [-0.3, -0.25) is 9.59 Å². The second kappa shape index (κ2) is 5.14. The molecule has 100 valence electrons. The van der Waals surface area contributed by atoms with Crippen LogP contribution in [-0.4, -0.2) is 21.6 Å². The van der Waals surface area contributed by atoms with Gasteiger partial charge in [-0.05, 0) is 18.2 Å². The Labute approximate surface area is 110 Å². The number of anilines is 1. The highest BCUT2D eigenvalue weighted by molar-refractivity contribution is 6.02. The molecule has 1 aromatic heterocycles. The third-order valence-corrected chi connectivity index (χ3v) is 2.90. The van der Waals surface area contributed by atoms with E-state index in [1.807, 2.05) is 32.0 Å². The van der Waals surface area contributed by atoms with Crippen molar-refractivity contribution in [2.75, 3.05) is 5.32 Å². The van der Waals surface area contributed by atoms with Crippen LogP contribution >= 0.6 is 0 Å². The lowest BCUT2D eigenvalue weighted by Crippen LogP contribution is -2.17. The van der Waals surface area contributed by atoms with Crippen LogP contribution in [0.2, 0.25) is 0 Å². The third kappa shape index (κ3) is 2.76. The summed E-state index contributed by atoms with van der Waals surface area (Å²) < 4.78 is 1.64. The van der Waals surface area contributed by atoms with Crippen molar-refractivity contribution in [3.05, 3.63) is 30.5 Å². The van der Waals surface area contributed by atoms with Crippen LogP contribution in [0.25, 0.3) is 10.9 Å². The van der Waals surface area contributed by atoms with Crippen molar-refractivity contribution in [1.82, 2.24) is 4.57 Å². The summed E-state index contributed by atoms with van der Waals surface area (Å²) in [6.07, 6.45) is 1.71. The molecule has 0 bridgehead atoms. The normalized spacial score (nSPS) is 10.9. The van der Waals surface area contributed by atoms with Crippen LogP contribution in [0.1, 0.15) is 13.8 Å². The fraction of sp³-hybridized carbons (Fsp3) is 0.286. The third-order valence-electron chi connectivity index (χ3n) is 2.90. The Hall–Kier alpha value is -2.30. The average molecular weight is 260 g/mol. The molecule has 0 saturated heterocycles. The Kier molecular flexibility index (Phi) is 3.55. The van der Waals surface area contributed by atoms with E-state index in [9.17, 15) is 9.59 Å². The fourth-order valence-electron chi connectivity index (χ4n) is 1.89. The van der Waals surface area contributed by atoms with Crippen LogP contribution in [0.3, 0.4) is 0 Å². The molecule has 0 fully saturated rings. The minimum absolute atomic E-state index is 0.0570. The van der Waals surface area contributed by atoms with Gasteiger partial charge in [0.25, 0.3) is 0 Å². The molecule has 2 rings (SSSR count). The smallest absolute Gasteiger partial charge is 0.323 e. The average Bonchev–Trinajstić information content (AvgIpc) is 2.73. The first-order valence-electron chi connectivity index (χ1n) is 6.09. The number of carbonyl (C=O) groups excluding carboxylic acids is 1. The van der Waals surface area contributed by atoms with Crippen molar-refractivity contribution >= 4 is 28.5 Å². The van der Waals surface area contributed by atoms with Crippen LogP contribution in [0.4, 0.5) is 5.69 Å². The number of aromatic nitrogens is 1. The molecule has 1 heterocycles. The van der Waals surface area contributed by atoms with Gasteiger partial charge in [0.05, 0.1) is 11.2 Å². The highest BCUT2D eigenvalue weighted by atomic mass is 16.4. The van der Waals surface area contributed by atoms with Gasteiger partial charge in [0.2, 0.25) is 5.91 Å². The minimum atomic E-state index is -0.894. The first-order chi connectivity index (χ1) is 8.99. The Balaban J connectivity index is 2.39. The van der Waals surface area contributed by atoms with Gasteiger partial charge < -0.3 is 15.0 Å². The molecule has 0 aliphatic carbocycles. The first-order valence-corrected chi connectivity index (χ1v) is 6.09. The maximum absolute atomic E-state index is 11.7. The molecule has 0 atom stereocenters. The number of carboxylic acid groups (broad SMARTS) is 1. The van der Waals surface area contributed by atoms with E-state index in [1.54, 1.807) is 16.8 Å². The predicted molar refractivity (Wildman–Crippen MR) is 73.0 cm³/mol. The SMILES string of the molecule is CC(C)C(=O)Nc1cccc2c1ccn2CC(=O)O. The maximum Gasteiger partial charge on any atom is 0.323 e. The van der Waals surface area contributed by atoms with Crippen molar-refractivity contribution < 1.29 is 14.7 Å². The lowest BCUT2D eigenvalue weighted by molar-refractivity contribution is -0.137. The monoisotopic (exact) mass is 260 g/mol. The quantitative estimate of drug-likeness (QED) is 0.886. The molecule has 1 aromatic carbocycles. The number of hydrogen-bond acceptors (Lipinski definition) is 2. The largest absolute Gasteiger partial charge is 0.480 e. The summed E-state index contributed by atoms with van der Waals surface area (Å²) in [7, 11) is 0. The summed E-state index contributed by atoms with van der Waals surface area (Å²) >= 11 is 0. The molecule has 0 aliphatic rings. The molecule has 0 unspecified atom stereocenters. The molecule has 5 nitrogen and oxygen atoms in total. The number of carbonyl (C=O) groups is 2. The van der Waals surface area contributed by atoms with Gasteiger partial charge in [-0.2, -0.15) is 0 Å². The minimum Gasteiger partial charge on any atom is -0.480 e. The molecule has 0 saturated carbocycles. The van der Waals surface area contributed by atoms with E-state index in [2.05, 4.69) is 5.32 Å². The standard InChI is InChI=1S/C14H16N2O3/c1-9(2)14(19)15-11-4-3-5-12-10(11)6-7-16(12)8-13(17)18/h3-7,9H,8H2,1-2H3,(H,15,19)(H,17,18). The van der Waals surface area contributed by atoms with E-state index >= 15 is 0 Å². The molecule has 1 amide bonds. The van der Waals surface area contributed by atoms with Crippen LogP contribution < -0.4 is 5.32 Å². The number of amides is 1. The highest BCUT2D eigenvalue weighted by Crippen LogP contribution is 2.25. The van der Waals surface area contributed by atoms with E-state index in [-0.39, 0.29) is 18.4 Å². The van der Waals surface area contributed by atoms with Gasteiger partial charge in [-0.1, -0.05) is 19.9 Å². The van der Waals surface area contributed by atoms with E-state index in [1.165, 1.54) is 0 Å². The number of nitrogens with one attached hydrogen (secondary N) is 1. The number of aliphatic carboxylic acids is 1. The molecular weight excluding hydrogens is 244 g/mol. The van der Waals surface area contributed by atoms with Gasteiger partial charge in [-0.15, -0.1) is 0 Å². The predicted octanol–water partition coefficient (Wildman–Crippen LogP) is 2.32. The molecular formula is C14H16N2O3. The summed E-state index contributed by atoms with van der Waals surface area (Å²) in [5.74, 6) is -1.05. The molecule has 0 spiro atoms. The topological polar surface area (TPSA) is 71.3 Å². The number of benzene rings is 1. The van der Waals surface area contributed by atoms with Crippen LogP contribution in [0, 0.1) is 5.92 Å². The zero-order chi connectivity index (χ0) is 14.0. The summed E-state index contributed by atoms with van der Waals surface area (Å²) in [6, 6.07) is 7.27. The zero-order valence-corrected chi connectivity index (χ0v) is 10.9. The van der Waals surface area contributed by atoms with E-state index in [0.29, 0.717) is 5.69 Å². The molecule has 0 radical (unpaired) electrons. The lowest BCUT2D eigenvalue weighted by atomic mass is 10.1. The number of rotatable bonds is 4. The molecule has 2 aromatic rings. The first kappa shape index (κ1) is 13.1. The fourth-order valence-corrected chi connectivity index (χ4v) is 1.89. The Morgan fingerprint density at radius 2 is 2.05 bits per heavy atom. The van der Waals surface area contributed by atoms with Crippen molar-refractivity contribution in [3.8, 4) is 0 Å². The van der Waals surface area contributed by atoms with Crippen LogP contribution in [-0.2, 0) is 16.1 Å². The van der Waals surface area contributed by atoms with E-state index < -0.39 is 5.97 Å². The summed E-state index contributed by atoms with van der Waals surface area (Å²) in [4.78, 5) is 22.5. The van der Waals surface area contributed by atoms with Gasteiger partial charge in [-0.25, -0.2) is 0 Å². The number of carboxylic acids is 1. The highest BCUT2D eigenvalue weighted by Gasteiger charge is 2.11. The Morgan fingerprint density at radius 1 is 1.32 bits per heavy atom. The van der Waals surface area contributed by atoms with Gasteiger partial charge in [0.1, 0.15) is 6.54 Å². The van der Waals surface area contributed by atoms with Gasteiger partial charge in [0, 0.05) is 17.5 Å². The number of hydrogen-bond donors (Lipinski definition) is 2. The van der Waals surface area contributed by atoms with E-state index in [4.69, 9.17) is 5.11 Å². The number of nitrogens with zero attached hydrogens (tertiary/aromatic N) is 1. The summed E-state index contributed by atoms with van der Waals surface area (Å²) in [5.41, 5.74) is 1.50. The molecule has 2 N–H and O–H groups in total. The van der Waals surface area contributed by atoms with Crippen molar-refractivity contribution in [3.63, 3.8) is 0 Å². The van der Waals surface area contributed by atoms with E-state index in [0.717, 1.165) is 10.9 Å². The Morgan fingerprint density at radius 3 is 2.68 bits per heavy atom. The lowest BCUT2D eigenvalue weighted by Gasteiger charge is -2.09. The molecule has 19 heavy (non-hydrogen) atoms. The zero-order valence-electron chi connectivity index (χ0n) is 10.9. The maximum atomic E-state index is 11.7. The van der Waals surface area contributed by atoms with Crippen LogP contribution in [0.5, 0.6) is 0 Å². The van der Waals surface area contributed by atoms with Crippen molar-refractivity contribution in [1.29, 1.82) is 0 Å². The van der Waals surface area contributed by atoms with Crippen molar-refractivity contribution in [2.45, 2.75) is 20.4 Å². The second-order valence-corrected chi connectivity index (χ2v) is 4.72. The van der Waals surface area contributed by atoms with Gasteiger partial charge >= 0.3 is 5.97 Å². The Bertz CT molecular complexity index is 629. The summed E-state index contributed by atoms with van der Waals surface area (Å²) in [6.45, 7) is 3.56. The number of fused-ring (bicyclic) bond motifs is 1. The molecule has 5 heteroatoms. The molecule has 0 aliphatic heterocycles. The van der Waals surface area contributed by atoms with Crippen molar-refractivity contribution in [2.24, 2.45) is 5.92 Å².